The van der Waals surface area contributed by atoms with E-state index in [1.54, 1.807) is 25.4 Å². The minimum absolute atomic E-state index is 0.281. The van der Waals surface area contributed by atoms with E-state index in [2.05, 4.69) is 20.3 Å². The van der Waals surface area contributed by atoms with Gasteiger partial charge in [0.2, 0.25) is 0 Å². The van der Waals surface area contributed by atoms with Gasteiger partial charge in [0.05, 0.1) is 12.3 Å². The molecule has 0 atom stereocenters. The summed E-state index contributed by atoms with van der Waals surface area (Å²) >= 11 is 0. The third kappa shape index (κ3) is 3.91. The van der Waals surface area contributed by atoms with Gasteiger partial charge in [0, 0.05) is 31.5 Å². The molecule has 1 N–H and O–H groups in total. The molecule has 0 unspecified atom stereocenters. The molecule has 0 saturated carbocycles. The van der Waals surface area contributed by atoms with Gasteiger partial charge in [0.15, 0.2) is 5.82 Å². The highest BCUT2D eigenvalue weighted by atomic mass is 19.1. The largest absolute Gasteiger partial charge is 0.383 e. The van der Waals surface area contributed by atoms with Gasteiger partial charge in [-0.25, -0.2) is 14.4 Å². The molecule has 24 heavy (non-hydrogen) atoms. The van der Waals surface area contributed by atoms with Gasteiger partial charge in [-0.05, 0) is 36.4 Å². The number of hydrogen-bond acceptors (Lipinski definition) is 5. The SMILES string of the molecule is COCCNc1cc(-c2ccc(F)cc2)nc(-c2ccccn2)n1. The van der Waals surface area contributed by atoms with E-state index in [0.717, 1.165) is 5.56 Å². The number of halogens is 1. The quantitative estimate of drug-likeness (QED) is 0.704. The molecule has 5 nitrogen and oxygen atoms in total. The van der Waals surface area contributed by atoms with Crippen LogP contribution < -0.4 is 5.32 Å². The number of nitrogens with zero attached hydrogens (tertiary/aromatic N) is 3. The molecule has 0 radical (unpaired) electrons. The number of pyridine rings is 1. The van der Waals surface area contributed by atoms with Crippen molar-refractivity contribution in [3.63, 3.8) is 0 Å². The second-order valence-corrected chi connectivity index (χ2v) is 5.10. The third-order valence-electron chi connectivity index (χ3n) is 3.37. The van der Waals surface area contributed by atoms with Gasteiger partial charge in [-0.15, -0.1) is 0 Å². The summed E-state index contributed by atoms with van der Waals surface area (Å²) in [5.74, 6) is 0.899. The summed E-state index contributed by atoms with van der Waals surface area (Å²) in [7, 11) is 1.64. The van der Waals surface area contributed by atoms with Crippen LogP contribution in [0.2, 0.25) is 0 Å². The van der Waals surface area contributed by atoms with Crippen molar-refractivity contribution in [2.45, 2.75) is 0 Å². The molecule has 2 heterocycles. The van der Waals surface area contributed by atoms with Gasteiger partial charge in [-0.3, -0.25) is 4.98 Å². The lowest BCUT2D eigenvalue weighted by molar-refractivity contribution is 0.210. The van der Waals surface area contributed by atoms with E-state index in [9.17, 15) is 4.39 Å². The molecule has 0 aliphatic carbocycles. The second-order valence-electron chi connectivity index (χ2n) is 5.10. The summed E-state index contributed by atoms with van der Waals surface area (Å²) < 4.78 is 18.2. The molecular weight excluding hydrogens is 307 g/mol. The summed E-state index contributed by atoms with van der Waals surface area (Å²) in [4.78, 5) is 13.4. The van der Waals surface area contributed by atoms with E-state index in [-0.39, 0.29) is 5.82 Å². The smallest absolute Gasteiger partial charge is 0.180 e. The van der Waals surface area contributed by atoms with E-state index in [1.165, 1.54) is 12.1 Å². The number of aromatic nitrogens is 3. The van der Waals surface area contributed by atoms with Gasteiger partial charge >= 0.3 is 0 Å². The molecule has 122 valence electrons. The van der Waals surface area contributed by atoms with Crippen molar-refractivity contribution >= 4 is 5.82 Å². The summed E-state index contributed by atoms with van der Waals surface area (Å²) in [5, 5.41) is 3.20. The Labute approximate surface area is 139 Å². The molecule has 0 fully saturated rings. The summed E-state index contributed by atoms with van der Waals surface area (Å²) in [6.45, 7) is 1.19. The Morgan fingerprint density at radius 1 is 1.04 bits per heavy atom. The van der Waals surface area contributed by atoms with Gasteiger partial charge in [-0.2, -0.15) is 0 Å². The van der Waals surface area contributed by atoms with E-state index in [1.807, 2.05) is 24.3 Å². The highest BCUT2D eigenvalue weighted by molar-refractivity contribution is 5.66. The zero-order valence-electron chi connectivity index (χ0n) is 13.2. The number of ether oxygens (including phenoxy) is 1. The molecule has 6 heteroatoms. The van der Waals surface area contributed by atoms with E-state index < -0.39 is 0 Å². The molecule has 0 amide bonds. The molecule has 0 bridgehead atoms. The average Bonchev–Trinajstić information content (AvgIpc) is 2.63. The molecule has 0 saturated heterocycles. The maximum Gasteiger partial charge on any atom is 0.180 e. The van der Waals surface area contributed by atoms with Gasteiger partial charge in [0.25, 0.3) is 0 Å². The first-order valence-corrected chi connectivity index (χ1v) is 7.55. The van der Waals surface area contributed by atoms with E-state index in [0.29, 0.717) is 36.2 Å². The van der Waals surface area contributed by atoms with Gasteiger partial charge < -0.3 is 10.1 Å². The molecule has 2 aromatic heterocycles. The lowest BCUT2D eigenvalue weighted by Crippen LogP contribution is -2.10. The molecular formula is C18H17FN4O. The van der Waals surface area contributed by atoms with Crippen LogP contribution in [0.1, 0.15) is 0 Å². The van der Waals surface area contributed by atoms with Crippen LogP contribution in [0.5, 0.6) is 0 Å². The van der Waals surface area contributed by atoms with Crippen molar-refractivity contribution in [3.05, 3.63) is 60.5 Å². The van der Waals surface area contributed by atoms with Crippen LogP contribution in [0.25, 0.3) is 22.8 Å². The Morgan fingerprint density at radius 2 is 1.88 bits per heavy atom. The van der Waals surface area contributed by atoms with Gasteiger partial charge in [-0.1, -0.05) is 6.07 Å². The Kier molecular flexibility index (Phi) is 5.08. The van der Waals surface area contributed by atoms with Crippen molar-refractivity contribution in [2.24, 2.45) is 0 Å². The normalized spacial score (nSPS) is 10.6. The Hall–Kier alpha value is -2.86. The van der Waals surface area contributed by atoms with Crippen LogP contribution in [0.15, 0.2) is 54.7 Å². The summed E-state index contributed by atoms with van der Waals surface area (Å²) in [5.41, 5.74) is 2.19. The lowest BCUT2D eigenvalue weighted by atomic mass is 10.1. The maximum absolute atomic E-state index is 13.2. The van der Waals surface area contributed by atoms with Crippen LogP contribution in [0.4, 0.5) is 10.2 Å². The van der Waals surface area contributed by atoms with Crippen LogP contribution in [-0.2, 0) is 4.74 Å². The first-order chi connectivity index (χ1) is 11.8. The number of hydrogen-bond donors (Lipinski definition) is 1. The predicted molar refractivity (Wildman–Crippen MR) is 91.0 cm³/mol. The first-order valence-electron chi connectivity index (χ1n) is 7.55. The fourth-order valence-electron chi connectivity index (χ4n) is 2.20. The zero-order valence-corrected chi connectivity index (χ0v) is 13.2. The Morgan fingerprint density at radius 3 is 2.58 bits per heavy atom. The number of nitrogens with one attached hydrogen (secondary N) is 1. The number of anilines is 1. The minimum atomic E-state index is -0.281. The molecule has 0 aliphatic heterocycles. The maximum atomic E-state index is 13.2. The monoisotopic (exact) mass is 324 g/mol. The van der Waals surface area contributed by atoms with Crippen LogP contribution in [0, 0.1) is 5.82 Å². The minimum Gasteiger partial charge on any atom is -0.383 e. The molecule has 3 aromatic rings. The number of benzene rings is 1. The average molecular weight is 324 g/mol. The molecule has 3 rings (SSSR count). The number of rotatable bonds is 6. The Bertz CT molecular complexity index is 794. The van der Waals surface area contributed by atoms with Crippen molar-refractivity contribution in [1.82, 2.24) is 15.0 Å². The fourth-order valence-corrected chi connectivity index (χ4v) is 2.20. The van der Waals surface area contributed by atoms with Crippen molar-refractivity contribution in [1.29, 1.82) is 0 Å². The summed E-state index contributed by atoms with van der Waals surface area (Å²) in [6.07, 6.45) is 1.70. The fraction of sp³-hybridized carbons (Fsp3) is 0.167. The van der Waals surface area contributed by atoms with Crippen LogP contribution in [0.3, 0.4) is 0 Å². The highest BCUT2D eigenvalue weighted by Crippen LogP contribution is 2.23. The topological polar surface area (TPSA) is 59.9 Å². The zero-order chi connectivity index (χ0) is 16.8. The Balaban J connectivity index is 2.00. The third-order valence-corrected chi connectivity index (χ3v) is 3.37. The molecule has 0 aliphatic rings. The standard InChI is InChI=1S/C18H17FN4O/c1-24-11-10-21-17-12-16(13-5-7-14(19)8-6-13)22-18(23-17)15-4-2-3-9-20-15/h2-9,12H,10-11H2,1H3,(H,21,22,23). The van der Waals surface area contributed by atoms with E-state index >= 15 is 0 Å². The van der Waals surface area contributed by atoms with Crippen molar-refractivity contribution in [2.75, 3.05) is 25.6 Å². The first kappa shape index (κ1) is 16.0. The molecule has 1 aromatic carbocycles. The highest BCUT2D eigenvalue weighted by Gasteiger charge is 2.09. The molecule has 0 spiro atoms. The van der Waals surface area contributed by atoms with Crippen LogP contribution in [-0.4, -0.2) is 35.2 Å². The second kappa shape index (κ2) is 7.61. The predicted octanol–water partition coefficient (Wildman–Crippen LogP) is 3.40. The van der Waals surface area contributed by atoms with Crippen molar-refractivity contribution in [3.8, 4) is 22.8 Å². The van der Waals surface area contributed by atoms with E-state index in [4.69, 9.17) is 4.74 Å². The lowest BCUT2D eigenvalue weighted by Gasteiger charge is -2.10. The number of methoxy groups -OCH3 is 1. The van der Waals surface area contributed by atoms with Crippen molar-refractivity contribution < 1.29 is 9.13 Å². The summed E-state index contributed by atoms with van der Waals surface area (Å²) in [6, 6.07) is 13.6. The van der Waals surface area contributed by atoms with Crippen LogP contribution >= 0.6 is 0 Å². The van der Waals surface area contributed by atoms with Gasteiger partial charge in [0.1, 0.15) is 17.3 Å².